The first-order valence-corrected chi connectivity index (χ1v) is 16.6. The molecule has 2 bridgehead atoms. The van der Waals surface area contributed by atoms with Crippen molar-refractivity contribution in [2.24, 2.45) is 5.92 Å². The number of pyridine rings is 1. The SMILES string of the molecule is Cc1cc(C)cc(-c2[nH]c3ncc(C(C)(C)C(=O)N4CC5CCC4CC5)cc3c2[C@H](C)CNCCc2ccc3n[nH]nc3c2)c1. The second kappa shape index (κ2) is 11.7. The number of hydrogen-bond donors (Lipinski definition) is 3. The number of benzene rings is 2. The van der Waals surface area contributed by atoms with Crippen LogP contribution in [-0.2, 0) is 16.6 Å². The number of rotatable bonds is 9. The minimum atomic E-state index is -0.653. The summed E-state index contributed by atoms with van der Waals surface area (Å²) in [6, 6.07) is 15.6. The second-order valence-corrected chi connectivity index (χ2v) is 14.2. The van der Waals surface area contributed by atoms with Crippen LogP contribution in [0.15, 0.2) is 48.7 Å². The average molecular weight is 604 g/mol. The molecule has 1 saturated carbocycles. The molecule has 8 nitrogen and oxygen atoms in total. The third-order valence-electron chi connectivity index (χ3n) is 10.3. The Balaban J connectivity index is 1.18. The minimum absolute atomic E-state index is 0.210. The van der Waals surface area contributed by atoms with Crippen molar-refractivity contribution in [1.82, 2.24) is 35.6 Å². The van der Waals surface area contributed by atoms with Crippen LogP contribution in [-0.4, -0.2) is 61.9 Å². The quantitative estimate of drug-likeness (QED) is 0.162. The van der Waals surface area contributed by atoms with Crippen LogP contribution in [0.4, 0.5) is 0 Å². The Morgan fingerprint density at radius 3 is 2.51 bits per heavy atom. The predicted octanol–water partition coefficient (Wildman–Crippen LogP) is 6.73. The highest BCUT2D eigenvalue weighted by Gasteiger charge is 2.42. The standard InChI is InChI=1S/C37H45N7O/c1-22-14-23(2)16-27(15-22)34-33(24(3)19-38-13-12-25-8-11-31-32(17-25)42-43-41-31)30-18-28(20-39-35(30)40-34)37(4,5)36(45)44-21-26-6-9-29(44)10-7-26/h8,11,14-18,20,24,26,29,38H,6-7,9-10,12-13,19,21H2,1-5H3,(H,39,40)(H,41,42,43)/t24-,26?,29?/m1/s1. The maximum absolute atomic E-state index is 14.1. The molecule has 0 spiro atoms. The zero-order valence-corrected chi connectivity index (χ0v) is 27.2. The Kier molecular flexibility index (Phi) is 7.72. The van der Waals surface area contributed by atoms with Crippen LogP contribution in [0.3, 0.4) is 0 Å². The number of fused-ring (bicyclic) bond motifs is 5. The lowest BCUT2D eigenvalue weighted by Crippen LogP contribution is -2.55. The van der Waals surface area contributed by atoms with Crippen molar-refractivity contribution in [2.75, 3.05) is 19.6 Å². The Morgan fingerprint density at radius 1 is 1.02 bits per heavy atom. The van der Waals surface area contributed by atoms with Gasteiger partial charge < -0.3 is 15.2 Å². The number of nitrogens with zero attached hydrogens (tertiary/aromatic N) is 4. The monoisotopic (exact) mass is 603 g/mol. The van der Waals surface area contributed by atoms with Crippen LogP contribution in [0.1, 0.15) is 80.2 Å². The van der Waals surface area contributed by atoms with Gasteiger partial charge in [0.1, 0.15) is 16.7 Å². The highest BCUT2D eigenvalue weighted by molar-refractivity contribution is 5.93. The lowest BCUT2D eigenvalue weighted by molar-refractivity contribution is -0.144. The molecule has 45 heavy (non-hydrogen) atoms. The van der Waals surface area contributed by atoms with Crippen molar-refractivity contribution >= 4 is 28.0 Å². The van der Waals surface area contributed by atoms with Crippen LogP contribution >= 0.6 is 0 Å². The zero-order valence-electron chi connectivity index (χ0n) is 27.2. The summed E-state index contributed by atoms with van der Waals surface area (Å²) in [7, 11) is 0. The van der Waals surface area contributed by atoms with Crippen LogP contribution in [0, 0.1) is 19.8 Å². The largest absolute Gasteiger partial charge is 0.339 e. The molecule has 1 aliphatic carbocycles. The van der Waals surface area contributed by atoms with E-state index in [1.807, 2.05) is 12.3 Å². The van der Waals surface area contributed by atoms with Crippen molar-refractivity contribution < 1.29 is 4.79 Å². The number of aromatic amines is 2. The van der Waals surface area contributed by atoms with E-state index in [2.05, 4.69) is 102 Å². The molecule has 3 fully saturated rings. The summed E-state index contributed by atoms with van der Waals surface area (Å²) in [5.74, 6) is 1.11. The van der Waals surface area contributed by atoms with Crippen LogP contribution in [0.2, 0.25) is 0 Å². The van der Waals surface area contributed by atoms with Crippen molar-refractivity contribution in [2.45, 2.75) is 84.1 Å². The normalized spacial score (nSPS) is 19.1. The Morgan fingerprint density at radius 2 is 1.78 bits per heavy atom. The summed E-state index contributed by atoms with van der Waals surface area (Å²) in [6.45, 7) is 13.3. The molecular formula is C37H45N7O. The number of hydrogen-bond acceptors (Lipinski definition) is 5. The first-order chi connectivity index (χ1) is 21.7. The van der Waals surface area contributed by atoms with Gasteiger partial charge >= 0.3 is 0 Å². The van der Waals surface area contributed by atoms with Gasteiger partial charge in [-0.05, 0) is 131 Å². The van der Waals surface area contributed by atoms with E-state index in [9.17, 15) is 4.79 Å². The Bertz CT molecular complexity index is 1840. The second-order valence-electron chi connectivity index (χ2n) is 14.2. The van der Waals surface area contributed by atoms with Gasteiger partial charge in [0.15, 0.2) is 0 Å². The number of aryl methyl sites for hydroxylation is 2. The van der Waals surface area contributed by atoms with Gasteiger partial charge in [0.05, 0.1) is 11.1 Å². The molecule has 5 heterocycles. The number of amides is 1. The Labute approximate surface area is 265 Å². The highest BCUT2D eigenvalue weighted by atomic mass is 16.2. The molecule has 234 valence electrons. The van der Waals surface area contributed by atoms with E-state index >= 15 is 0 Å². The van der Waals surface area contributed by atoms with E-state index in [1.54, 1.807) is 0 Å². The minimum Gasteiger partial charge on any atom is -0.339 e. The highest BCUT2D eigenvalue weighted by Crippen LogP contribution is 2.40. The van der Waals surface area contributed by atoms with Gasteiger partial charge in [-0.25, -0.2) is 4.98 Å². The molecular weight excluding hydrogens is 558 g/mol. The van der Waals surface area contributed by atoms with Crippen LogP contribution in [0.5, 0.6) is 0 Å². The number of nitrogens with one attached hydrogen (secondary N) is 3. The molecule has 3 aliphatic rings. The zero-order chi connectivity index (χ0) is 31.3. The van der Waals surface area contributed by atoms with E-state index in [-0.39, 0.29) is 11.8 Å². The molecule has 1 atom stereocenters. The fourth-order valence-corrected chi connectivity index (χ4v) is 7.78. The van der Waals surface area contributed by atoms with Gasteiger partial charge in [0, 0.05) is 30.7 Å². The van der Waals surface area contributed by atoms with Crippen LogP contribution < -0.4 is 5.32 Å². The lowest BCUT2D eigenvalue weighted by atomic mass is 9.76. The molecule has 8 rings (SSSR count). The number of H-pyrrole nitrogens is 2. The molecule has 8 heteroatoms. The summed E-state index contributed by atoms with van der Waals surface area (Å²) in [5, 5.41) is 15.9. The number of piperidine rings is 2. The fourth-order valence-electron chi connectivity index (χ4n) is 7.78. The molecule has 3 N–H and O–H groups in total. The lowest BCUT2D eigenvalue weighted by Gasteiger charge is -2.47. The predicted molar refractivity (Wildman–Crippen MR) is 180 cm³/mol. The van der Waals surface area contributed by atoms with Crippen molar-refractivity contribution in [1.29, 1.82) is 0 Å². The third kappa shape index (κ3) is 5.65. The summed E-state index contributed by atoms with van der Waals surface area (Å²) in [5.41, 5.74) is 10.2. The smallest absolute Gasteiger partial charge is 0.232 e. The summed E-state index contributed by atoms with van der Waals surface area (Å²) in [4.78, 5) is 24.9. The topological polar surface area (TPSA) is 103 Å². The van der Waals surface area contributed by atoms with Gasteiger partial charge in [-0.1, -0.05) is 30.2 Å². The molecule has 2 aromatic carbocycles. The fraction of sp³-hybridized carbons (Fsp3) is 0.459. The first kappa shape index (κ1) is 29.7. The summed E-state index contributed by atoms with van der Waals surface area (Å²) in [6.07, 6.45) is 7.64. The van der Waals surface area contributed by atoms with Gasteiger partial charge in [0.2, 0.25) is 5.91 Å². The van der Waals surface area contributed by atoms with E-state index < -0.39 is 5.41 Å². The van der Waals surface area contributed by atoms with Crippen molar-refractivity contribution in [3.63, 3.8) is 0 Å². The molecule has 1 amide bonds. The van der Waals surface area contributed by atoms with E-state index in [4.69, 9.17) is 4.98 Å². The molecule has 0 radical (unpaired) electrons. The number of carbonyl (C=O) groups excluding carboxylic acids is 1. The summed E-state index contributed by atoms with van der Waals surface area (Å²) >= 11 is 0. The molecule has 0 unspecified atom stereocenters. The van der Waals surface area contributed by atoms with E-state index in [1.165, 1.54) is 40.7 Å². The first-order valence-electron chi connectivity index (χ1n) is 16.6. The van der Waals surface area contributed by atoms with Gasteiger partial charge in [0.25, 0.3) is 0 Å². The van der Waals surface area contributed by atoms with Crippen molar-refractivity contribution in [3.8, 4) is 11.3 Å². The van der Waals surface area contributed by atoms with Gasteiger partial charge in [-0.15, -0.1) is 0 Å². The molecule has 5 aromatic rings. The number of aromatic nitrogens is 5. The average Bonchev–Trinajstić information content (AvgIpc) is 3.67. The van der Waals surface area contributed by atoms with Crippen LogP contribution in [0.25, 0.3) is 33.3 Å². The molecule has 2 saturated heterocycles. The number of carbonyl (C=O) groups is 1. The third-order valence-corrected chi connectivity index (χ3v) is 10.3. The maximum atomic E-state index is 14.1. The maximum Gasteiger partial charge on any atom is 0.232 e. The Hall–Kier alpha value is -4.04. The summed E-state index contributed by atoms with van der Waals surface area (Å²) < 4.78 is 0. The van der Waals surface area contributed by atoms with Crippen molar-refractivity contribution in [3.05, 3.63) is 76.5 Å². The van der Waals surface area contributed by atoms with Gasteiger partial charge in [-0.2, -0.15) is 15.4 Å². The molecule has 2 aliphatic heterocycles. The van der Waals surface area contributed by atoms with E-state index in [0.717, 1.165) is 72.2 Å². The molecule has 3 aromatic heterocycles. The van der Waals surface area contributed by atoms with E-state index in [0.29, 0.717) is 12.0 Å². The van der Waals surface area contributed by atoms with Gasteiger partial charge in [-0.3, -0.25) is 4.79 Å².